The Morgan fingerprint density at radius 3 is 2.61 bits per heavy atom. The molecule has 1 saturated carbocycles. The minimum Gasteiger partial charge on any atom is -0.444 e. The first kappa shape index (κ1) is 25.7. The summed E-state index contributed by atoms with van der Waals surface area (Å²) in [4.78, 5) is 29.5. The van der Waals surface area contributed by atoms with E-state index in [2.05, 4.69) is 15.4 Å². The number of nitrogens with two attached hydrogens (primary N) is 1. The molecule has 0 aliphatic heterocycles. The van der Waals surface area contributed by atoms with E-state index in [9.17, 15) is 9.59 Å². The normalized spacial score (nSPS) is 20.1. The van der Waals surface area contributed by atoms with Crippen LogP contribution in [0.15, 0.2) is 59.7 Å². The van der Waals surface area contributed by atoms with Crippen molar-refractivity contribution in [2.75, 3.05) is 12.3 Å². The third kappa shape index (κ3) is 5.87. The largest absolute Gasteiger partial charge is 0.444 e. The standard InChI is InChI=1S/C27H32ClN5O3/c1-26(2,3)36-25(35)31-17-27(19-7-4-8-20(28)14-19)11-9-21(10-12-27)33-24(34)22(29)15-23(32-33)18-6-5-13-30-16-18/h4-8,13-16,21H,9-12,17,29H2,1-3H3,(H,31,35). The highest BCUT2D eigenvalue weighted by atomic mass is 35.5. The number of anilines is 1. The number of hydrogen-bond donors (Lipinski definition) is 2. The van der Waals surface area contributed by atoms with Crippen LogP contribution in [0.5, 0.6) is 0 Å². The van der Waals surface area contributed by atoms with Crippen LogP contribution in [0, 0.1) is 0 Å². The Morgan fingerprint density at radius 2 is 1.97 bits per heavy atom. The lowest BCUT2D eigenvalue weighted by atomic mass is 9.68. The molecule has 0 spiro atoms. The first-order valence-electron chi connectivity index (χ1n) is 12.1. The van der Waals surface area contributed by atoms with Gasteiger partial charge in [-0.1, -0.05) is 23.7 Å². The summed E-state index contributed by atoms with van der Waals surface area (Å²) in [6, 6.07) is 12.9. The number of alkyl carbamates (subject to hydrolysis) is 1. The molecule has 1 aliphatic rings. The lowest BCUT2D eigenvalue weighted by Crippen LogP contribution is -2.45. The second kappa shape index (κ2) is 10.3. The number of rotatable bonds is 5. The number of carbonyl (C=O) groups excluding carboxylic acids is 1. The molecule has 0 atom stereocenters. The predicted molar refractivity (Wildman–Crippen MR) is 141 cm³/mol. The predicted octanol–water partition coefficient (Wildman–Crippen LogP) is 5.12. The summed E-state index contributed by atoms with van der Waals surface area (Å²) in [5, 5.41) is 8.25. The molecule has 9 heteroatoms. The average Bonchev–Trinajstić information content (AvgIpc) is 2.84. The Balaban J connectivity index is 1.59. The van der Waals surface area contributed by atoms with E-state index in [0.29, 0.717) is 30.1 Å². The smallest absolute Gasteiger partial charge is 0.407 e. The van der Waals surface area contributed by atoms with Crippen LogP contribution in [0.1, 0.15) is 58.1 Å². The highest BCUT2D eigenvalue weighted by molar-refractivity contribution is 6.30. The summed E-state index contributed by atoms with van der Waals surface area (Å²) >= 11 is 6.33. The number of aromatic nitrogens is 3. The molecule has 1 fully saturated rings. The Morgan fingerprint density at radius 1 is 1.22 bits per heavy atom. The zero-order valence-corrected chi connectivity index (χ0v) is 21.6. The first-order valence-corrected chi connectivity index (χ1v) is 12.5. The molecule has 36 heavy (non-hydrogen) atoms. The summed E-state index contributed by atoms with van der Waals surface area (Å²) in [6.45, 7) is 5.90. The van der Waals surface area contributed by atoms with Gasteiger partial charge in [-0.05, 0) is 82.3 Å². The van der Waals surface area contributed by atoms with Crippen molar-refractivity contribution in [3.05, 3.63) is 75.8 Å². The van der Waals surface area contributed by atoms with Crippen molar-refractivity contribution < 1.29 is 9.53 Å². The van der Waals surface area contributed by atoms with Gasteiger partial charge >= 0.3 is 6.09 Å². The van der Waals surface area contributed by atoms with E-state index in [1.165, 1.54) is 4.68 Å². The van der Waals surface area contributed by atoms with Gasteiger partial charge in [0.2, 0.25) is 0 Å². The molecule has 8 nitrogen and oxygen atoms in total. The van der Waals surface area contributed by atoms with Gasteiger partial charge in [-0.2, -0.15) is 5.10 Å². The number of amides is 1. The molecule has 3 aromatic rings. The van der Waals surface area contributed by atoms with Gasteiger partial charge in [-0.3, -0.25) is 9.78 Å². The maximum atomic E-state index is 12.9. The van der Waals surface area contributed by atoms with E-state index in [0.717, 1.165) is 24.0 Å². The molecule has 0 saturated heterocycles. The molecule has 1 aliphatic carbocycles. The van der Waals surface area contributed by atoms with Crippen LogP contribution in [0.4, 0.5) is 10.5 Å². The van der Waals surface area contributed by atoms with Gasteiger partial charge in [-0.25, -0.2) is 9.48 Å². The van der Waals surface area contributed by atoms with Gasteiger partial charge < -0.3 is 15.8 Å². The Labute approximate surface area is 215 Å². The van der Waals surface area contributed by atoms with Crippen LogP contribution in [0.2, 0.25) is 5.02 Å². The number of nitrogens with one attached hydrogen (secondary N) is 1. The molecule has 4 rings (SSSR count). The monoisotopic (exact) mass is 509 g/mol. The van der Waals surface area contributed by atoms with Crippen LogP contribution in [-0.4, -0.2) is 33.0 Å². The summed E-state index contributed by atoms with van der Waals surface area (Å²) in [5.41, 5.74) is 7.46. The third-order valence-electron chi connectivity index (χ3n) is 6.59. The summed E-state index contributed by atoms with van der Waals surface area (Å²) < 4.78 is 6.97. The lowest BCUT2D eigenvalue weighted by molar-refractivity contribution is 0.0504. The number of carbonyl (C=O) groups is 1. The molecule has 2 heterocycles. The molecule has 0 unspecified atom stereocenters. The molecular formula is C27H32ClN5O3. The maximum Gasteiger partial charge on any atom is 0.407 e. The second-order valence-electron chi connectivity index (χ2n) is 10.4. The van der Waals surface area contributed by atoms with Crippen molar-refractivity contribution in [1.82, 2.24) is 20.1 Å². The van der Waals surface area contributed by atoms with Gasteiger partial charge in [0.1, 0.15) is 11.3 Å². The van der Waals surface area contributed by atoms with Crippen LogP contribution in [0.3, 0.4) is 0 Å². The van der Waals surface area contributed by atoms with Gasteiger partial charge in [-0.15, -0.1) is 0 Å². The number of nitrogen functional groups attached to an aromatic ring is 1. The zero-order chi connectivity index (χ0) is 25.9. The number of nitrogens with zero attached hydrogens (tertiary/aromatic N) is 3. The average molecular weight is 510 g/mol. The van der Waals surface area contributed by atoms with Crippen LogP contribution < -0.4 is 16.6 Å². The SMILES string of the molecule is CC(C)(C)OC(=O)NCC1(c2cccc(Cl)c2)CCC(n2nc(-c3cccnc3)cc(N)c2=O)CC1. The number of pyridine rings is 1. The van der Waals surface area contributed by atoms with E-state index < -0.39 is 11.7 Å². The Hall–Kier alpha value is -3.39. The molecule has 1 amide bonds. The lowest BCUT2D eigenvalue weighted by Gasteiger charge is -2.41. The topological polar surface area (TPSA) is 112 Å². The fourth-order valence-corrected chi connectivity index (χ4v) is 4.97. The number of benzene rings is 1. The maximum absolute atomic E-state index is 12.9. The fourth-order valence-electron chi connectivity index (χ4n) is 4.78. The quantitative estimate of drug-likeness (QED) is 0.493. The molecule has 3 N–H and O–H groups in total. The van der Waals surface area contributed by atoms with Gasteiger partial charge in [0.05, 0.1) is 11.7 Å². The third-order valence-corrected chi connectivity index (χ3v) is 6.82. The van der Waals surface area contributed by atoms with E-state index in [1.54, 1.807) is 18.5 Å². The van der Waals surface area contributed by atoms with Crippen molar-refractivity contribution in [1.29, 1.82) is 0 Å². The Kier molecular flexibility index (Phi) is 7.36. The fraction of sp³-hybridized carbons (Fsp3) is 0.407. The molecule has 1 aromatic carbocycles. The van der Waals surface area contributed by atoms with Crippen LogP contribution >= 0.6 is 11.6 Å². The van der Waals surface area contributed by atoms with E-state index in [4.69, 9.17) is 22.1 Å². The van der Waals surface area contributed by atoms with E-state index >= 15 is 0 Å². The molecule has 0 radical (unpaired) electrons. The van der Waals surface area contributed by atoms with Crippen molar-refractivity contribution >= 4 is 23.4 Å². The highest BCUT2D eigenvalue weighted by Gasteiger charge is 2.39. The first-order chi connectivity index (χ1) is 17.1. The van der Waals surface area contributed by atoms with Crippen molar-refractivity contribution in [3.8, 4) is 11.3 Å². The van der Waals surface area contributed by atoms with Gasteiger partial charge in [0.15, 0.2) is 0 Å². The molecule has 0 bridgehead atoms. The Bertz CT molecular complexity index is 1280. The number of halogens is 1. The van der Waals surface area contributed by atoms with Crippen LogP contribution in [0.25, 0.3) is 11.3 Å². The van der Waals surface area contributed by atoms with E-state index in [-0.39, 0.29) is 22.7 Å². The number of ether oxygens (including phenoxy) is 1. The zero-order valence-electron chi connectivity index (χ0n) is 20.8. The second-order valence-corrected chi connectivity index (χ2v) is 10.8. The van der Waals surface area contributed by atoms with Crippen molar-refractivity contribution in [3.63, 3.8) is 0 Å². The van der Waals surface area contributed by atoms with Gasteiger partial charge in [0.25, 0.3) is 5.56 Å². The summed E-state index contributed by atoms with van der Waals surface area (Å²) in [7, 11) is 0. The van der Waals surface area contributed by atoms with Crippen molar-refractivity contribution in [2.45, 2.75) is 63.5 Å². The number of hydrogen-bond acceptors (Lipinski definition) is 6. The van der Waals surface area contributed by atoms with Gasteiger partial charge in [0, 0.05) is 34.9 Å². The molecular weight excluding hydrogens is 478 g/mol. The summed E-state index contributed by atoms with van der Waals surface area (Å²) in [5.74, 6) is 0. The highest BCUT2D eigenvalue weighted by Crippen LogP contribution is 2.43. The minimum absolute atomic E-state index is 0.120. The van der Waals surface area contributed by atoms with Crippen LogP contribution in [-0.2, 0) is 10.2 Å². The summed E-state index contributed by atoms with van der Waals surface area (Å²) in [6.07, 6.45) is 5.74. The van der Waals surface area contributed by atoms with Crippen molar-refractivity contribution in [2.24, 2.45) is 0 Å². The minimum atomic E-state index is -0.586. The molecule has 190 valence electrons. The molecule has 2 aromatic heterocycles. The van der Waals surface area contributed by atoms with E-state index in [1.807, 2.05) is 57.2 Å².